The molecule has 3 rings (SSSR count). The number of hydrogen-bond donors (Lipinski definition) is 1. The summed E-state index contributed by atoms with van der Waals surface area (Å²) >= 11 is 0. The van der Waals surface area contributed by atoms with E-state index in [2.05, 4.69) is 5.32 Å². The third kappa shape index (κ3) is 7.70. The molecule has 0 saturated heterocycles. The predicted octanol–water partition coefficient (Wildman–Crippen LogP) is 5.55. The summed E-state index contributed by atoms with van der Waals surface area (Å²) < 4.78 is 5.90. The molecule has 0 unspecified atom stereocenters. The Labute approximate surface area is 215 Å². The van der Waals surface area contributed by atoms with Gasteiger partial charge in [-0.3, -0.25) is 9.59 Å². The Morgan fingerprint density at radius 2 is 1.58 bits per heavy atom. The molecule has 0 fully saturated rings. The van der Waals surface area contributed by atoms with Crippen molar-refractivity contribution in [3.63, 3.8) is 0 Å². The molecule has 5 nitrogen and oxygen atoms in total. The standard InChI is InChI=1S/C31H38N2O3/c1-6-25(5)32-31(35)29(19-26-10-8-7-9-11-26)33(20-27-15-12-22(2)13-16-27)30(34)21-36-28-17-14-23(3)24(4)18-28/h7-18,25,29H,6,19-21H2,1-5H3,(H,32,35)/t25-,29-/m1/s1. The molecule has 0 aliphatic carbocycles. The smallest absolute Gasteiger partial charge is 0.261 e. The molecule has 0 radical (unpaired) electrons. The molecule has 0 aliphatic rings. The van der Waals surface area contributed by atoms with Gasteiger partial charge in [0.15, 0.2) is 6.61 Å². The average molecular weight is 487 g/mol. The topological polar surface area (TPSA) is 58.6 Å². The summed E-state index contributed by atoms with van der Waals surface area (Å²) in [7, 11) is 0. The Morgan fingerprint density at radius 3 is 2.22 bits per heavy atom. The first-order valence-corrected chi connectivity index (χ1v) is 12.7. The summed E-state index contributed by atoms with van der Waals surface area (Å²) in [5.74, 6) is 0.263. The van der Waals surface area contributed by atoms with Crippen LogP contribution in [-0.4, -0.2) is 35.4 Å². The highest BCUT2D eigenvalue weighted by molar-refractivity contribution is 5.88. The van der Waals surface area contributed by atoms with Gasteiger partial charge >= 0.3 is 0 Å². The van der Waals surface area contributed by atoms with Gasteiger partial charge in [-0.15, -0.1) is 0 Å². The summed E-state index contributed by atoms with van der Waals surface area (Å²) in [4.78, 5) is 28.8. The average Bonchev–Trinajstić information content (AvgIpc) is 2.88. The first-order chi connectivity index (χ1) is 17.3. The van der Waals surface area contributed by atoms with Crippen LogP contribution in [0.5, 0.6) is 5.75 Å². The summed E-state index contributed by atoms with van der Waals surface area (Å²) in [5, 5.41) is 3.09. The van der Waals surface area contributed by atoms with Crippen molar-refractivity contribution in [2.45, 2.75) is 66.1 Å². The maximum Gasteiger partial charge on any atom is 0.261 e. The van der Waals surface area contributed by atoms with Gasteiger partial charge in [0.2, 0.25) is 5.91 Å². The van der Waals surface area contributed by atoms with Crippen LogP contribution in [0, 0.1) is 20.8 Å². The number of nitrogens with zero attached hydrogens (tertiary/aromatic N) is 1. The van der Waals surface area contributed by atoms with Crippen molar-refractivity contribution in [1.82, 2.24) is 10.2 Å². The molecule has 190 valence electrons. The molecular weight excluding hydrogens is 448 g/mol. The van der Waals surface area contributed by atoms with E-state index in [0.29, 0.717) is 18.7 Å². The largest absolute Gasteiger partial charge is 0.484 e. The molecule has 0 aromatic heterocycles. The van der Waals surface area contributed by atoms with Gasteiger partial charge in [-0.1, -0.05) is 73.2 Å². The van der Waals surface area contributed by atoms with Gasteiger partial charge < -0.3 is 15.0 Å². The van der Waals surface area contributed by atoms with Gasteiger partial charge in [-0.05, 0) is 68.5 Å². The van der Waals surface area contributed by atoms with Crippen LogP contribution >= 0.6 is 0 Å². The van der Waals surface area contributed by atoms with Crippen LogP contribution in [0.2, 0.25) is 0 Å². The second-order valence-electron chi connectivity index (χ2n) is 9.57. The number of carbonyl (C=O) groups excluding carboxylic acids is 2. The zero-order valence-corrected chi connectivity index (χ0v) is 22.1. The van der Waals surface area contributed by atoms with E-state index in [1.165, 1.54) is 5.56 Å². The van der Waals surface area contributed by atoms with Crippen LogP contribution < -0.4 is 10.1 Å². The fourth-order valence-electron chi connectivity index (χ4n) is 3.92. The van der Waals surface area contributed by atoms with Crippen LogP contribution in [-0.2, 0) is 22.6 Å². The highest BCUT2D eigenvalue weighted by atomic mass is 16.5. The molecule has 0 bridgehead atoms. The number of carbonyl (C=O) groups is 2. The van der Waals surface area contributed by atoms with Gasteiger partial charge in [0, 0.05) is 19.0 Å². The molecule has 3 aromatic carbocycles. The first kappa shape index (κ1) is 27.0. The Morgan fingerprint density at radius 1 is 0.889 bits per heavy atom. The van der Waals surface area contributed by atoms with Crippen molar-refractivity contribution in [2.24, 2.45) is 0 Å². The van der Waals surface area contributed by atoms with Crippen molar-refractivity contribution in [1.29, 1.82) is 0 Å². The Kier molecular flexibility index (Phi) is 9.69. The van der Waals surface area contributed by atoms with E-state index >= 15 is 0 Å². The molecule has 0 saturated carbocycles. The Bertz CT molecular complexity index is 1140. The van der Waals surface area contributed by atoms with Crippen molar-refractivity contribution in [3.05, 3.63) is 101 Å². The summed E-state index contributed by atoms with van der Waals surface area (Å²) in [6.45, 7) is 10.3. The molecule has 5 heteroatoms. The number of ether oxygens (including phenoxy) is 1. The van der Waals surface area contributed by atoms with E-state index in [0.717, 1.165) is 28.7 Å². The monoisotopic (exact) mass is 486 g/mol. The van der Waals surface area contributed by atoms with Crippen molar-refractivity contribution in [2.75, 3.05) is 6.61 Å². The van der Waals surface area contributed by atoms with Crippen LogP contribution in [0.15, 0.2) is 72.8 Å². The molecule has 0 spiro atoms. The molecule has 2 atom stereocenters. The maximum absolute atomic E-state index is 13.7. The lowest BCUT2D eigenvalue weighted by Crippen LogP contribution is -2.53. The van der Waals surface area contributed by atoms with Crippen LogP contribution in [0.25, 0.3) is 0 Å². The number of aryl methyl sites for hydroxylation is 3. The van der Waals surface area contributed by atoms with Crippen LogP contribution in [0.3, 0.4) is 0 Å². The second-order valence-corrected chi connectivity index (χ2v) is 9.57. The lowest BCUT2D eigenvalue weighted by Gasteiger charge is -2.32. The van der Waals surface area contributed by atoms with Gasteiger partial charge in [-0.25, -0.2) is 0 Å². The number of amides is 2. The van der Waals surface area contributed by atoms with Crippen molar-refractivity contribution >= 4 is 11.8 Å². The maximum atomic E-state index is 13.7. The molecule has 3 aromatic rings. The van der Waals surface area contributed by atoms with E-state index in [4.69, 9.17) is 4.74 Å². The van der Waals surface area contributed by atoms with E-state index in [1.807, 2.05) is 107 Å². The fourth-order valence-corrected chi connectivity index (χ4v) is 3.92. The zero-order valence-electron chi connectivity index (χ0n) is 22.1. The molecule has 0 heterocycles. The van der Waals surface area contributed by atoms with Crippen LogP contribution in [0.1, 0.15) is 48.1 Å². The molecule has 0 aliphatic heterocycles. The lowest BCUT2D eigenvalue weighted by atomic mass is 10.0. The summed E-state index contributed by atoms with van der Waals surface area (Å²) in [5.41, 5.74) is 5.38. The van der Waals surface area contributed by atoms with Gasteiger partial charge in [-0.2, -0.15) is 0 Å². The lowest BCUT2D eigenvalue weighted by molar-refractivity contribution is -0.143. The first-order valence-electron chi connectivity index (χ1n) is 12.7. The minimum atomic E-state index is -0.668. The third-order valence-corrected chi connectivity index (χ3v) is 6.59. The third-order valence-electron chi connectivity index (χ3n) is 6.59. The van der Waals surface area contributed by atoms with E-state index < -0.39 is 6.04 Å². The van der Waals surface area contributed by atoms with Crippen LogP contribution in [0.4, 0.5) is 0 Å². The van der Waals surface area contributed by atoms with Crippen molar-refractivity contribution in [3.8, 4) is 5.75 Å². The Hall–Kier alpha value is -3.60. The van der Waals surface area contributed by atoms with Crippen molar-refractivity contribution < 1.29 is 14.3 Å². The fraction of sp³-hybridized carbons (Fsp3) is 0.355. The predicted molar refractivity (Wildman–Crippen MR) is 145 cm³/mol. The summed E-state index contributed by atoms with van der Waals surface area (Å²) in [6, 6.07) is 23.0. The molecular formula is C31H38N2O3. The van der Waals surface area contributed by atoms with E-state index in [-0.39, 0.29) is 24.5 Å². The highest BCUT2D eigenvalue weighted by Gasteiger charge is 2.31. The van der Waals surface area contributed by atoms with Gasteiger partial charge in [0.1, 0.15) is 11.8 Å². The quantitative estimate of drug-likeness (QED) is 0.387. The number of benzene rings is 3. The SMILES string of the molecule is CC[C@@H](C)NC(=O)[C@@H](Cc1ccccc1)N(Cc1ccc(C)cc1)C(=O)COc1ccc(C)c(C)c1. The number of nitrogens with one attached hydrogen (secondary N) is 1. The normalized spacial score (nSPS) is 12.5. The zero-order chi connectivity index (χ0) is 26.1. The molecule has 1 N–H and O–H groups in total. The second kappa shape index (κ2) is 12.9. The summed E-state index contributed by atoms with van der Waals surface area (Å²) in [6.07, 6.45) is 1.23. The van der Waals surface area contributed by atoms with Gasteiger partial charge in [0.05, 0.1) is 0 Å². The molecule has 36 heavy (non-hydrogen) atoms. The number of hydrogen-bond acceptors (Lipinski definition) is 3. The highest BCUT2D eigenvalue weighted by Crippen LogP contribution is 2.19. The minimum absolute atomic E-state index is 0.0129. The van der Waals surface area contributed by atoms with E-state index in [9.17, 15) is 9.59 Å². The van der Waals surface area contributed by atoms with Gasteiger partial charge in [0.25, 0.3) is 5.91 Å². The van der Waals surface area contributed by atoms with E-state index in [1.54, 1.807) is 4.90 Å². The minimum Gasteiger partial charge on any atom is -0.484 e. The number of rotatable bonds is 11. The molecule has 2 amide bonds. The Balaban J connectivity index is 1.90.